The van der Waals surface area contributed by atoms with Crippen molar-refractivity contribution in [2.75, 3.05) is 31.6 Å². The van der Waals surface area contributed by atoms with Gasteiger partial charge in [-0.2, -0.15) is 13.2 Å². The summed E-state index contributed by atoms with van der Waals surface area (Å²) in [6.45, 7) is 5.50. The highest BCUT2D eigenvalue weighted by Gasteiger charge is 2.41. The zero-order chi connectivity index (χ0) is 31.8. The van der Waals surface area contributed by atoms with Crippen LogP contribution in [0, 0.1) is 11.7 Å². The quantitative estimate of drug-likeness (QED) is 0.296. The minimum atomic E-state index is -4.42. The summed E-state index contributed by atoms with van der Waals surface area (Å²) in [5, 5.41) is 12.6. The number of piperidine rings is 1. The molecule has 0 unspecified atom stereocenters. The number of carboxylic acids is 1. The first-order chi connectivity index (χ1) is 20.8. The minimum Gasteiger partial charge on any atom is -0.493 e. The van der Waals surface area contributed by atoms with Crippen molar-refractivity contribution < 1.29 is 41.4 Å². The van der Waals surface area contributed by atoms with E-state index in [0.29, 0.717) is 48.8 Å². The highest BCUT2D eigenvalue weighted by Crippen LogP contribution is 2.45. The van der Waals surface area contributed by atoms with E-state index in [-0.39, 0.29) is 29.9 Å². The highest BCUT2D eigenvalue weighted by atomic mass is 19.4. The van der Waals surface area contributed by atoms with Gasteiger partial charge in [-0.25, -0.2) is 13.6 Å². The molecule has 2 atom stereocenters. The van der Waals surface area contributed by atoms with Crippen LogP contribution in [0.1, 0.15) is 78.9 Å². The fourth-order valence-corrected chi connectivity index (χ4v) is 6.08. The number of nitrogens with one attached hydrogen (secondary N) is 1. The number of hydrogen-bond donors (Lipinski definition) is 2. The number of rotatable bonds is 10. The molecule has 12 heteroatoms. The van der Waals surface area contributed by atoms with Crippen LogP contribution < -0.4 is 10.1 Å². The maximum absolute atomic E-state index is 15.2. The molecule has 0 bridgehead atoms. The van der Waals surface area contributed by atoms with Crippen LogP contribution in [-0.2, 0) is 17.5 Å². The van der Waals surface area contributed by atoms with Crippen molar-refractivity contribution in [1.29, 1.82) is 0 Å². The van der Waals surface area contributed by atoms with Gasteiger partial charge in [-0.05, 0) is 99.8 Å². The van der Waals surface area contributed by atoms with Crippen molar-refractivity contribution in [3.63, 3.8) is 0 Å². The normalized spacial score (nSPS) is 21.6. The number of carboxylic acid groups (broad SMARTS) is 1. The summed E-state index contributed by atoms with van der Waals surface area (Å²) in [6, 6.07) is 5.12. The molecule has 7 nitrogen and oxygen atoms in total. The molecule has 1 aliphatic carbocycles. The fraction of sp³-hybridized carbons (Fsp3) is 0.562. The number of hydrogen-bond acceptors (Lipinski definition) is 5. The summed E-state index contributed by atoms with van der Waals surface area (Å²) in [4.78, 5) is 27.6. The Labute approximate surface area is 253 Å². The van der Waals surface area contributed by atoms with E-state index in [2.05, 4.69) is 10.2 Å². The standard InChI is InChI=1S/C32H38F5N3O4/c1-18(2)38-27-6-5-22(32(35,36)37)11-21(27)15-39-9-7-19(8-10-39)17-44-29-14-26(34)25(13-24(29)20-3-4-20)30(41)40-16-23(33)12-28(40)31(42)43/h5-6,11,13-14,18-20,23,28,38H,3-4,7-10,12,15-17H2,1-2H3,(H,42,43)/t23-,28+/m1/s1. The number of ether oxygens (including phenoxy) is 1. The molecule has 0 aromatic heterocycles. The van der Waals surface area contributed by atoms with E-state index >= 15 is 4.39 Å². The third-order valence-corrected chi connectivity index (χ3v) is 8.60. The molecule has 2 aromatic rings. The van der Waals surface area contributed by atoms with Crippen LogP contribution in [0.25, 0.3) is 0 Å². The van der Waals surface area contributed by atoms with Crippen LogP contribution >= 0.6 is 0 Å². The molecule has 3 fully saturated rings. The van der Waals surface area contributed by atoms with Crippen LogP contribution in [0.3, 0.4) is 0 Å². The van der Waals surface area contributed by atoms with E-state index in [1.54, 1.807) is 0 Å². The van der Waals surface area contributed by atoms with E-state index in [9.17, 15) is 32.3 Å². The first-order valence-electron chi connectivity index (χ1n) is 15.1. The SMILES string of the molecule is CC(C)Nc1ccc(C(F)(F)F)cc1CN1CCC(COc2cc(F)c(C(=O)N3C[C@H](F)C[C@H]3C(=O)O)cc2C2CC2)CC1. The number of halogens is 5. The zero-order valence-electron chi connectivity index (χ0n) is 24.8. The summed E-state index contributed by atoms with van der Waals surface area (Å²) < 4.78 is 75.4. The van der Waals surface area contributed by atoms with Gasteiger partial charge in [0.15, 0.2) is 0 Å². The van der Waals surface area contributed by atoms with Crippen molar-refractivity contribution in [2.45, 2.75) is 82.8 Å². The average molecular weight is 624 g/mol. The Balaban J connectivity index is 1.22. The van der Waals surface area contributed by atoms with E-state index in [1.807, 2.05) is 13.8 Å². The molecule has 2 aliphatic heterocycles. The van der Waals surface area contributed by atoms with Crippen molar-refractivity contribution in [3.8, 4) is 5.75 Å². The Morgan fingerprint density at radius 2 is 1.80 bits per heavy atom. The van der Waals surface area contributed by atoms with Crippen LogP contribution in [-0.4, -0.2) is 71.3 Å². The second-order valence-electron chi connectivity index (χ2n) is 12.5. The smallest absolute Gasteiger partial charge is 0.416 e. The fourth-order valence-electron chi connectivity index (χ4n) is 6.08. The summed E-state index contributed by atoms with van der Waals surface area (Å²) in [5.74, 6) is -2.42. The largest absolute Gasteiger partial charge is 0.493 e. The molecule has 240 valence electrons. The Bertz CT molecular complexity index is 1370. The zero-order valence-corrected chi connectivity index (χ0v) is 24.8. The molecule has 2 N–H and O–H groups in total. The molecule has 2 aromatic carbocycles. The monoisotopic (exact) mass is 623 g/mol. The van der Waals surface area contributed by atoms with Crippen molar-refractivity contribution >= 4 is 17.6 Å². The molecule has 44 heavy (non-hydrogen) atoms. The highest BCUT2D eigenvalue weighted by molar-refractivity contribution is 5.97. The predicted molar refractivity (Wildman–Crippen MR) is 154 cm³/mol. The van der Waals surface area contributed by atoms with Crippen LogP contribution in [0.15, 0.2) is 30.3 Å². The van der Waals surface area contributed by atoms with E-state index < -0.39 is 48.2 Å². The second kappa shape index (κ2) is 12.9. The second-order valence-corrected chi connectivity index (χ2v) is 12.5. The Morgan fingerprint density at radius 1 is 1.09 bits per heavy atom. The van der Waals surface area contributed by atoms with Gasteiger partial charge in [-0.3, -0.25) is 9.69 Å². The van der Waals surface area contributed by atoms with Gasteiger partial charge >= 0.3 is 12.1 Å². The number of aliphatic carboxylic acids is 1. The number of amides is 1. The molecule has 2 saturated heterocycles. The van der Waals surface area contributed by atoms with Gasteiger partial charge < -0.3 is 20.1 Å². The Morgan fingerprint density at radius 3 is 2.41 bits per heavy atom. The summed E-state index contributed by atoms with van der Waals surface area (Å²) >= 11 is 0. The van der Waals surface area contributed by atoms with Crippen LogP contribution in [0.2, 0.25) is 0 Å². The number of benzene rings is 2. The molecule has 2 heterocycles. The van der Waals surface area contributed by atoms with Gasteiger partial charge in [0.25, 0.3) is 5.91 Å². The first-order valence-corrected chi connectivity index (χ1v) is 15.1. The first kappa shape index (κ1) is 32.0. The summed E-state index contributed by atoms with van der Waals surface area (Å²) in [6.07, 6.45) is -3.03. The average Bonchev–Trinajstić information content (AvgIpc) is 3.72. The number of alkyl halides is 4. The number of likely N-dealkylation sites (tertiary alicyclic amines) is 2. The van der Waals surface area contributed by atoms with Gasteiger partial charge in [-0.15, -0.1) is 0 Å². The Kier molecular flexibility index (Phi) is 9.38. The molecule has 1 amide bonds. The molecular formula is C32H38F5N3O4. The van der Waals surface area contributed by atoms with E-state index in [0.717, 1.165) is 36.6 Å². The van der Waals surface area contributed by atoms with Crippen LogP contribution in [0.4, 0.5) is 27.6 Å². The van der Waals surface area contributed by atoms with E-state index in [1.165, 1.54) is 24.3 Å². The third-order valence-electron chi connectivity index (χ3n) is 8.60. The molecule has 1 saturated carbocycles. The third kappa shape index (κ3) is 7.44. The topological polar surface area (TPSA) is 82.1 Å². The number of carbonyl (C=O) groups excluding carboxylic acids is 1. The summed E-state index contributed by atoms with van der Waals surface area (Å²) in [5.41, 5.74) is 1.000. The van der Waals surface area contributed by atoms with Gasteiger partial charge in [0.05, 0.1) is 24.3 Å². The molecule has 5 rings (SSSR count). The van der Waals surface area contributed by atoms with E-state index in [4.69, 9.17) is 4.74 Å². The minimum absolute atomic E-state index is 0.0651. The van der Waals surface area contributed by atoms with Gasteiger partial charge in [0.1, 0.15) is 23.8 Å². The molecule has 3 aliphatic rings. The van der Waals surface area contributed by atoms with Gasteiger partial charge in [0, 0.05) is 30.8 Å². The molecular weight excluding hydrogens is 585 g/mol. The van der Waals surface area contributed by atoms with Gasteiger partial charge in [0.2, 0.25) is 0 Å². The maximum atomic E-state index is 15.2. The molecule has 0 spiro atoms. The van der Waals surface area contributed by atoms with Crippen molar-refractivity contribution in [1.82, 2.24) is 9.80 Å². The van der Waals surface area contributed by atoms with Crippen molar-refractivity contribution in [3.05, 3.63) is 58.4 Å². The lowest BCUT2D eigenvalue weighted by Crippen LogP contribution is -2.41. The number of nitrogens with zero attached hydrogens (tertiary/aromatic N) is 2. The maximum Gasteiger partial charge on any atom is 0.416 e. The lowest BCUT2D eigenvalue weighted by atomic mass is 9.96. The molecule has 0 radical (unpaired) electrons. The summed E-state index contributed by atoms with van der Waals surface area (Å²) in [7, 11) is 0. The van der Waals surface area contributed by atoms with Crippen molar-refractivity contribution in [2.24, 2.45) is 5.92 Å². The lowest BCUT2D eigenvalue weighted by Gasteiger charge is -2.33. The number of anilines is 1. The predicted octanol–water partition coefficient (Wildman–Crippen LogP) is 6.47. The Hall–Kier alpha value is -3.41. The van der Waals surface area contributed by atoms with Gasteiger partial charge in [-0.1, -0.05) is 0 Å². The lowest BCUT2D eigenvalue weighted by molar-refractivity contribution is -0.141. The van der Waals surface area contributed by atoms with Crippen LogP contribution in [0.5, 0.6) is 5.75 Å². The number of carbonyl (C=O) groups is 2.